The fraction of sp³-hybridized carbons (Fsp3) is 0.387. The Morgan fingerprint density at radius 2 is 1.79 bits per heavy atom. The van der Waals surface area contributed by atoms with Gasteiger partial charge in [0.25, 0.3) is 5.91 Å². The quantitative estimate of drug-likeness (QED) is 0.404. The molecule has 2 N–H and O–H groups in total. The van der Waals surface area contributed by atoms with Crippen LogP contribution in [0.25, 0.3) is 5.57 Å². The molecule has 0 fully saturated rings. The number of fused-ring (bicyclic) bond motifs is 2. The van der Waals surface area contributed by atoms with E-state index >= 15 is 0 Å². The van der Waals surface area contributed by atoms with Gasteiger partial charge in [-0.2, -0.15) is 0 Å². The van der Waals surface area contributed by atoms with Gasteiger partial charge in [0.05, 0.1) is 11.3 Å². The molecule has 0 aromatic carbocycles. The fourth-order valence-electron chi connectivity index (χ4n) is 4.69. The Hall–Kier alpha value is -4.07. The predicted molar refractivity (Wildman–Crippen MR) is 150 cm³/mol. The van der Waals surface area contributed by atoms with Crippen LogP contribution < -0.4 is 5.73 Å². The van der Waals surface area contributed by atoms with E-state index in [1.165, 1.54) is 18.0 Å². The van der Waals surface area contributed by atoms with E-state index in [0.29, 0.717) is 29.7 Å². The third-order valence-electron chi connectivity index (χ3n) is 7.17. The van der Waals surface area contributed by atoms with E-state index in [2.05, 4.69) is 4.98 Å². The summed E-state index contributed by atoms with van der Waals surface area (Å²) < 4.78 is 5.25. The van der Waals surface area contributed by atoms with Gasteiger partial charge in [-0.25, -0.2) is 4.79 Å². The summed E-state index contributed by atoms with van der Waals surface area (Å²) in [7, 11) is 1.52. The first-order valence-corrected chi connectivity index (χ1v) is 13.3. The SMILES string of the molecule is CC1=CCC(OC(N)=O)C=CCCCCCCC2=CC(=O)C(c3ccccn3)=C(C2=O)N(C)C(=O)C(C)=C1C. The van der Waals surface area contributed by atoms with Crippen molar-refractivity contribution >= 4 is 29.1 Å². The molecule has 0 saturated heterocycles. The third-order valence-corrected chi connectivity index (χ3v) is 7.17. The standard InChI is InChI=1S/C31H37N3O5/c1-20-16-17-24(39-31(32)38)14-10-8-6-5-7-9-13-23-19-26(35)27(25-15-11-12-18-33-25)28(29(23)36)34(4)30(37)22(3)21(20)2/h10-12,14-16,18-19,24H,5-9,13,17H2,1-4H3,(H2,32,38). The Morgan fingerprint density at radius 1 is 1.05 bits per heavy atom. The van der Waals surface area contributed by atoms with E-state index in [9.17, 15) is 19.2 Å². The molecule has 2 bridgehead atoms. The number of allylic oxidation sites excluding steroid dienone is 6. The highest BCUT2D eigenvalue weighted by Gasteiger charge is 2.34. The Kier molecular flexibility index (Phi) is 10.3. The number of likely N-dealkylation sites (N-methyl/N-ethyl adjacent to an activating group) is 1. The number of carbonyl (C=O) groups is 4. The van der Waals surface area contributed by atoms with Crippen LogP contribution in [0.2, 0.25) is 0 Å². The molecule has 1 aromatic rings. The van der Waals surface area contributed by atoms with Gasteiger partial charge in [-0.1, -0.05) is 36.6 Å². The van der Waals surface area contributed by atoms with Gasteiger partial charge in [-0.3, -0.25) is 19.4 Å². The average Bonchev–Trinajstić information content (AvgIpc) is 2.92. The molecule has 2 amide bonds. The fourth-order valence-corrected chi connectivity index (χ4v) is 4.69. The maximum atomic E-state index is 13.7. The molecule has 0 radical (unpaired) electrons. The number of pyridine rings is 1. The van der Waals surface area contributed by atoms with E-state index in [0.717, 1.165) is 43.3 Å². The van der Waals surface area contributed by atoms with Crippen LogP contribution in [0, 0.1) is 0 Å². The maximum Gasteiger partial charge on any atom is 0.405 e. The molecule has 2 aliphatic rings. The lowest BCUT2D eigenvalue weighted by Gasteiger charge is -2.27. The van der Waals surface area contributed by atoms with E-state index in [4.69, 9.17) is 10.5 Å². The monoisotopic (exact) mass is 531 g/mol. The Labute approximate surface area is 230 Å². The second kappa shape index (κ2) is 13.6. The summed E-state index contributed by atoms with van der Waals surface area (Å²) in [5.41, 5.74) is 8.17. The lowest BCUT2D eigenvalue weighted by molar-refractivity contribution is -0.127. The van der Waals surface area contributed by atoms with E-state index in [-0.39, 0.29) is 22.8 Å². The molecule has 3 rings (SSSR count). The van der Waals surface area contributed by atoms with E-state index in [1.807, 2.05) is 32.1 Å². The highest BCUT2D eigenvalue weighted by Crippen LogP contribution is 2.31. The van der Waals surface area contributed by atoms with Crippen molar-refractivity contribution in [2.24, 2.45) is 5.73 Å². The highest BCUT2D eigenvalue weighted by atomic mass is 16.6. The van der Waals surface area contributed by atoms with Crippen LogP contribution in [-0.2, 0) is 19.1 Å². The van der Waals surface area contributed by atoms with Crippen LogP contribution in [-0.4, -0.2) is 46.6 Å². The maximum absolute atomic E-state index is 13.7. The number of nitrogens with zero attached hydrogens (tertiary/aromatic N) is 2. The van der Waals surface area contributed by atoms with Crippen molar-refractivity contribution in [3.8, 4) is 0 Å². The van der Waals surface area contributed by atoms with Crippen LogP contribution in [0.15, 0.2) is 76.7 Å². The number of Topliss-reactive ketones (excluding diaryl/α,β-unsaturated/α-hetero) is 1. The molecule has 1 atom stereocenters. The summed E-state index contributed by atoms with van der Waals surface area (Å²) in [5, 5.41) is 0. The number of rotatable bonds is 2. The van der Waals surface area contributed by atoms with Gasteiger partial charge < -0.3 is 15.4 Å². The molecular weight excluding hydrogens is 494 g/mol. The topological polar surface area (TPSA) is 120 Å². The highest BCUT2D eigenvalue weighted by molar-refractivity contribution is 6.37. The van der Waals surface area contributed by atoms with Gasteiger partial charge in [0.1, 0.15) is 11.8 Å². The molecule has 1 unspecified atom stereocenters. The molecule has 8 heteroatoms. The Balaban J connectivity index is 2.07. The molecule has 1 aliphatic heterocycles. The van der Waals surface area contributed by atoms with Crippen LogP contribution in [0.5, 0.6) is 0 Å². The number of hydrogen-bond acceptors (Lipinski definition) is 6. The summed E-state index contributed by atoms with van der Waals surface area (Å²) in [6, 6.07) is 5.14. The molecule has 2 heterocycles. The average molecular weight is 532 g/mol. The molecule has 1 aromatic heterocycles. The largest absolute Gasteiger partial charge is 0.442 e. The van der Waals surface area contributed by atoms with E-state index < -0.39 is 18.1 Å². The first kappa shape index (κ1) is 29.5. The minimum Gasteiger partial charge on any atom is -0.442 e. The second-order valence-corrected chi connectivity index (χ2v) is 9.89. The molecule has 39 heavy (non-hydrogen) atoms. The lowest BCUT2D eigenvalue weighted by atomic mass is 9.88. The van der Waals surface area contributed by atoms with Crippen molar-refractivity contribution in [1.82, 2.24) is 9.88 Å². The van der Waals surface area contributed by atoms with Crippen molar-refractivity contribution in [3.05, 3.63) is 82.4 Å². The van der Waals surface area contributed by atoms with Gasteiger partial charge >= 0.3 is 6.09 Å². The number of aromatic nitrogens is 1. The summed E-state index contributed by atoms with van der Waals surface area (Å²) in [4.78, 5) is 57.7. The van der Waals surface area contributed by atoms with Gasteiger partial charge in [-0.05, 0) is 76.3 Å². The van der Waals surface area contributed by atoms with Gasteiger partial charge in [0, 0.05) is 30.8 Å². The Morgan fingerprint density at radius 3 is 2.49 bits per heavy atom. The molecule has 8 nitrogen and oxygen atoms in total. The molecule has 0 saturated carbocycles. The smallest absolute Gasteiger partial charge is 0.405 e. The summed E-state index contributed by atoms with van der Waals surface area (Å²) in [6.07, 6.45) is 12.5. The van der Waals surface area contributed by atoms with Gasteiger partial charge in [-0.15, -0.1) is 0 Å². The first-order valence-electron chi connectivity index (χ1n) is 13.3. The first-order chi connectivity index (χ1) is 18.6. The minimum atomic E-state index is -0.842. The zero-order valence-corrected chi connectivity index (χ0v) is 23.2. The number of amides is 2. The summed E-state index contributed by atoms with van der Waals surface area (Å²) in [5.74, 6) is -1.05. The second-order valence-electron chi connectivity index (χ2n) is 9.89. The van der Waals surface area contributed by atoms with Crippen LogP contribution in [0.4, 0.5) is 4.79 Å². The predicted octanol–water partition coefficient (Wildman–Crippen LogP) is 5.38. The number of ether oxygens (including phenoxy) is 1. The number of carbonyl (C=O) groups excluding carboxylic acids is 4. The number of ketones is 2. The van der Waals surface area contributed by atoms with Gasteiger partial charge in [0.2, 0.25) is 5.78 Å². The molecule has 1 aliphatic carbocycles. The minimum absolute atomic E-state index is 0.0482. The van der Waals surface area contributed by atoms with Crippen LogP contribution >= 0.6 is 0 Å². The van der Waals surface area contributed by atoms with E-state index in [1.54, 1.807) is 31.3 Å². The zero-order chi connectivity index (χ0) is 28.5. The Bertz CT molecular complexity index is 1280. The van der Waals surface area contributed by atoms with Crippen molar-refractivity contribution in [1.29, 1.82) is 0 Å². The third kappa shape index (κ3) is 7.50. The number of nitrogens with two attached hydrogens (primary N) is 1. The van der Waals surface area contributed by atoms with Crippen molar-refractivity contribution < 1.29 is 23.9 Å². The van der Waals surface area contributed by atoms with Crippen molar-refractivity contribution in [2.45, 2.75) is 71.8 Å². The zero-order valence-electron chi connectivity index (χ0n) is 23.2. The summed E-state index contributed by atoms with van der Waals surface area (Å²) in [6.45, 7) is 5.38. The molecular formula is C31H37N3O5. The molecule has 0 spiro atoms. The normalized spacial score (nSPS) is 20.7. The lowest BCUT2D eigenvalue weighted by Crippen LogP contribution is -2.35. The van der Waals surface area contributed by atoms with Crippen LogP contribution in [0.1, 0.15) is 71.4 Å². The molecule has 206 valence electrons. The van der Waals surface area contributed by atoms with Crippen molar-refractivity contribution in [3.63, 3.8) is 0 Å². The van der Waals surface area contributed by atoms with Gasteiger partial charge in [0.15, 0.2) is 5.78 Å². The number of primary amides is 1. The summed E-state index contributed by atoms with van der Waals surface area (Å²) >= 11 is 0. The van der Waals surface area contributed by atoms with Crippen LogP contribution in [0.3, 0.4) is 0 Å². The number of hydrogen-bond donors (Lipinski definition) is 1. The van der Waals surface area contributed by atoms with Crippen molar-refractivity contribution in [2.75, 3.05) is 7.05 Å².